The lowest BCUT2D eigenvalue weighted by Gasteiger charge is -2.33. The minimum Gasteiger partial charge on any atom is -0.350 e. The fourth-order valence-electron chi connectivity index (χ4n) is 5.47. The maximum atomic E-state index is 13.2. The second-order valence-corrected chi connectivity index (χ2v) is 9.78. The first-order valence-corrected chi connectivity index (χ1v) is 11.5. The summed E-state index contributed by atoms with van der Waals surface area (Å²) in [6, 6.07) is 13.4. The molecule has 1 spiro atoms. The summed E-state index contributed by atoms with van der Waals surface area (Å²) < 4.78 is 1.84. The first-order valence-electron chi connectivity index (χ1n) is 11.5. The lowest BCUT2D eigenvalue weighted by molar-refractivity contribution is -0.118. The number of likely N-dealkylation sites (tertiary alicyclic amines) is 1. The van der Waals surface area contributed by atoms with Crippen molar-refractivity contribution in [2.24, 2.45) is 18.4 Å². The third-order valence-electron chi connectivity index (χ3n) is 7.37. The number of carbonyl (C=O) groups excluding carboxylic acids is 2. The van der Waals surface area contributed by atoms with E-state index < -0.39 is 0 Å². The van der Waals surface area contributed by atoms with Crippen LogP contribution >= 0.6 is 0 Å². The SMILES string of the molecule is Cc1cc(C)cc(NC(=O)C2CC23CCN(C(=O)c2cn(C)c4ccccc4c2=O)CC3)c1. The fraction of sp³-hybridized carbons (Fsp3) is 0.370. The molecule has 1 atom stereocenters. The standard InChI is InChI=1S/C27H29N3O3/c1-17-12-18(2)14-19(13-17)28-25(32)22-15-27(22)8-10-30(11-9-27)26(33)21-16-29(3)23-7-5-4-6-20(23)24(21)31/h4-7,12-14,16,22H,8-11,15H2,1-3H3,(H,28,32). The van der Waals surface area contributed by atoms with E-state index in [1.165, 1.54) is 0 Å². The summed E-state index contributed by atoms with van der Waals surface area (Å²) in [7, 11) is 1.85. The zero-order valence-corrected chi connectivity index (χ0v) is 19.4. The van der Waals surface area contributed by atoms with E-state index in [4.69, 9.17) is 0 Å². The summed E-state index contributed by atoms with van der Waals surface area (Å²) in [6.45, 7) is 5.19. The molecule has 2 aromatic carbocycles. The van der Waals surface area contributed by atoms with Gasteiger partial charge in [-0.15, -0.1) is 0 Å². The molecule has 170 valence electrons. The Morgan fingerprint density at radius 1 is 1.03 bits per heavy atom. The third kappa shape index (κ3) is 3.84. The van der Waals surface area contributed by atoms with Crippen molar-refractivity contribution in [2.75, 3.05) is 18.4 Å². The maximum absolute atomic E-state index is 13.2. The maximum Gasteiger partial charge on any atom is 0.259 e. The second-order valence-electron chi connectivity index (χ2n) is 9.78. The number of benzene rings is 2. The number of hydrogen-bond donors (Lipinski definition) is 1. The number of fused-ring (bicyclic) bond motifs is 1. The fourth-order valence-corrected chi connectivity index (χ4v) is 5.47. The van der Waals surface area contributed by atoms with Crippen LogP contribution in [-0.2, 0) is 11.8 Å². The van der Waals surface area contributed by atoms with Crippen molar-refractivity contribution >= 4 is 28.4 Å². The lowest BCUT2D eigenvalue weighted by Crippen LogP contribution is -2.42. The van der Waals surface area contributed by atoms with Gasteiger partial charge in [0.05, 0.1) is 5.52 Å². The quantitative estimate of drug-likeness (QED) is 0.664. The second kappa shape index (κ2) is 7.87. The Morgan fingerprint density at radius 2 is 1.70 bits per heavy atom. The van der Waals surface area contributed by atoms with Gasteiger partial charge in [-0.25, -0.2) is 0 Å². The van der Waals surface area contributed by atoms with E-state index in [9.17, 15) is 14.4 Å². The molecule has 2 heterocycles. The van der Waals surface area contributed by atoms with Crippen LogP contribution in [0.4, 0.5) is 5.69 Å². The monoisotopic (exact) mass is 443 g/mol. The Balaban J connectivity index is 1.26. The number of aromatic nitrogens is 1. The van der Waals surface area contributed by atoms with Crippen LogP contribution in [-0.4, -0.2) is 34.4 Å². The van der Waals surface area contributed by atoms with E-state index in [2.05, 4.69) is 11.4 Å². The molecule has 1 saturated heterocycles. The Hall–Kier alpha value is -3.41. The van der Waals surface area contributed by atoms with E-state index in [0.29, 0.717) is 18.5 Å². The molecule has 1 N–H and O–H groups in total. The van der Waals surface area contributed by atoms with Crippen LogP contribution in [0.3, 0.4) is 0 Å². The molecule has 6 nitrogen and oxygen atoms in total. The first kappa shape index (κ1) is 21.4. The molecule has 5 rings (SSSR count). The van der Waals surface area contributed by atoms with Crippen molar-refractivity contribution in [3.05, 3.63) is 75.6 Å². The van der Waals surface area contributed by atoms with Gasteiger partial charge in [0.15, 0.2) is 0 Å². The first-order chi connectivity index (χ1) is 15.8. The average molecular weight is 444 g/mol. The van der Waals surface area contributed by atoms with Gasteiger partial charge in [-0.05, 0) is 73.9 Å². The number of hydrogen-bond acceptors (Lipinski definition) is 3. The Bertz CT molecular complexity index is 1310. The van der Waals surface area contributed by atoms with E-state index in [-0.39, 0.29) is 34.1 Å². The number of nitrogens with zero attached hydrogens (tertiary/aromatic N) is 2. The molecule has 1 aromatic heterocycles. The van der Waals surface area contributed by atoms with Crippen LogP contribution < -0.4 is 10.7 Å². The number of nitrogens with one attached hydrogen (secondary N) is 1. The molecule has 2 fully saturated rings. The molecule has 0 radical (unpaired) electrons. The van der Waals surface area contributed by atoms with Crippen LogP contribution in [0.15, 0.2) is 53.5 Å². The highest BCUT2D eigenvalue weighted by Crippen LogP contribution is 2.59. The lowest BCUT2D eigenvalue weighted by atomic mass is 9.90. The molecule has 33 heavy (non-hydrogen) atoms. The highest BCUT2D eigenvalue weighted by molar-refractivity contribution is 5.98. The van der Waals surface area contributed by atoms with Gasteiger partial charge < -0.3 is 14.8 Å². The van der Waals surface area contributed by atoms with Gasteiger partial charge in [-0.1, -0.05) is 18.2 Å². The summed E-state index contributed by atoms with van der Waals surface area (Å²) in [5, 5.41) is 3.64. The van der Waals surface area contributed by atoms with Gasteiger partial charge in [0, 0.05) is 43.3 Å². The van der Waals surface area contributed by atoms with Crippen molar-refractivity contribution in [3.63, 3.8) is 0 Å². The van der Waals surface area contributed by atoms with Gasteiger partial charge in [0.25, 0.3) is 5.91 Å². The van der Waals surface area contributed by atoms with Gasteiger partial charge in [0.2, 0.25) is 11.3 Å². The number of anilines is 1. The molecule has 1 aliphatic heterocycles. The van der Waals surface area contributed by atoms with E-state index >= 15 is 0 Å². The molecule has 2 amide bonds. The Morgan fingerprint density at radius 3 is 2.39 bits per heavy atom. The molecule has 3 aromatic rings. The predicted octanol–water partition coefficient (Wildman–Crippen LogP) is 4.04. The predicted molar refractivity (Wildman–Crippen MR) is 129 cm³/mol. The molecule has 6 heteroatoms. The van der Waals surface area contributed by atoms with Crippen LogP contribution in [0.5, 0.6) is 0 Å². The minimum atomic E-state index is -0.217. The molecule has 1 aliphatic carbocycles. The number of rotatable bonds is 3. The molecule has 1 unspecified atom stereocenters. The van der Waals surface area contributed by atoms with E-state index in [0.717, 1.165) is 41.6 Å². The van der Waals surface area contributed by atoms with E-state index in [1.54, 1.807) is 17.2 Å². The van der Waals surface area contributed by atoms with Gasteiger partial charge in [-0.2, -0.15) is 0 Å². The van der Waals surface area contributed by atoms with Crippen LogP contribution in [0.25, 0.3) is 10.9 Å². The highest BCUT2D eigenvalue weighted by Gasteiger charge is 2.58. The number of piperidine rings is 1. The largest absolute Gasteiger partial charge is 0.350 e. The van der Waals surface area contributed by atoms with Crippen molar-refractivity contribution < 1.29 is 9.59 Å². The van der Waals surface area contributed by atoms with Crippen molar-refractivity contribution in [2.45, 2.75) is 33.1 Å². The Labute approximate surface area is 193 Å². The topological polar surface area (TPSA) is 71.4 Å². The number of carbonyl (C=O) groups is 2. The highest BCUT2D eigenvalue weighted by atomic mass is 16.2. The average Bonchev–Trinajstić information content (AvgIpc) is 3.49. The number of pyridine rings is 1. The summed E-state index contributed by atoms with van der Waals surface area (Å²) in [4.78, 5) is 40.8. The normalized spacial score (nSPS) is 19.0. The summed E-state index contributed by atoms with van der Waals surface area (Å²) in [5.41, 5.74) is 3.89. The summed E-state index contributed by atoms with van der Waals surface area (Å²) in [6.07, 6.45) is 4.09. The molecule has 1 saturated carbocycles. The van der Waals surface area contributed by atoms with Crippen molar-refractivity contribution in [1.82, 2.24) is 9.47 Å². The summed E-state index contributed by atoms with van der Waals surface area (Å²) >= 11 is 0. The smallest absolute Gasteiger partial charge is 0.259 e. The van der Waals surface area contributed by atoms with Gasteiger partial charge in [-0.3, -0.25) is 14.4 Å². The zero-order valence-electron chi connectivity index (χ0n) is 19.4. The summed E-state index contributed by atoms with van der Waals surface area (Å²) in [5.74, 6) is -0.152. The number of amides is 2. The van der Waals surface area contributed by atoms with Gasteiger partial charge in [0.1, 0.15) is 5.56 Å². The van der Waals surface area contributed by atoms with Crippen molar-refractivity contribution in [1.29, 1.82) is 0 Å². The third-order valence-corrected chi connectivity index (χ3v) is 7.37. The minimum absolute atomic E-state index is 0.0101. The van der Waals surface area contributed by atoms with Crippen LogP contribution in [0, 0.1) is 25.2 Å². The molecular formula is C27H29N3O3. The van der Waals surface area contributed by atoms with E-state index in [1.807, 2.05) is 55.8 Å². The zero-order chi connectivity index (χ0) is 23.3. The number of para-hydroxylation sites is 1. The molecular weight excluding hydrogens is 414 g/mol. The molecule has 2 aliphatic rings. The van der Waals surface area contributed by atoms with Crippen LogP contribution in [0.2, 0.25) is 0 Å². The number of aryl methyl sites for hydroxylation is 3. The van der Waals surface area contributed by atoms with Crippen LogP contribution in [0.1, 0.15) is 40.7 Å². The van der Waals surface area contributed by atoms with Crippen molar-refractivity contribution in [3.8, 4) is 0 Å². The van der Waals surface area contributed by atoms with Gasteiger partial charge >= 0.3 is 0 Å². The Kier molecular flexibility index (Phi) is 5.11. The molecule has 0 bridgehead atoms.